The third-order valence-electron chi connectivity index (χ3n) is 2.68. The van der Waals surface area contributed by atoms with Crippen LogP contribution < -0.4 is 16.0 Å². The van der Waals surface area contributed by atoms with Gasteiger partial charge in [-0.2, -0.15) is 11.8 Å². The molecule has 3 N–H and O–H groups in total. The summed E-state index contributed by atoms with van der Waals surface area (Å²) in [5.74, 6) is 1.93. The van der Waals surface area contributed by atoms with Gasteiger partial charge in [-0.15, -0.1) is 0 Å². The number of nitrogens with one attached hydrogen (secondary N) is 3. The Hall–Kier alpha value is -0.910. The maximum Gasteiger partial charge on any atom is 0.239 e. The van der Waals surface area contributed by atoms with Crippen molar-refractivity contribution in [1.82, 2.24) is 16.0 Å². The molecule has 5 nitrogen and oxygen atoms in total. The maximum atomic E-state index is 11.7. The lowest BCUT2D eigenvalue weighted by atomic mass is 10.1. The summed E-state index contributed by atoms with van der Waals surface area (Å²) in [4.78, 5) is 15.8. The molecule has 1 unspecified atom stereocenters. The first-order chi connectivity index (χ1) is 8.90. The molecule has 19 heavy (non-hydrogen) atoms. The zero-order chi connectivity index (χ0) is 14.3. The van der Waals surface area contributed by atoms with Crippen molar-refractivity contribution >= 4 is 23.6 Å². The van der Waals surface area contributed by atoms with Crippen LogP contribution in [0.4, 0.5) is 0 Å². The maximum absolute atomic E-state index is 11.7. The van der Waals surface area contributed by atoms with Crippen molar-refractivity contribution in [2.45, 2.75) is 44.4 Å². The quantitative estimate of drug-likeness (QED) is 0.532. The predicted molar refractivity (Wildman–Crippen MR) is 82.7 cm³/mol. The van der Waals surface area contributed by atoms with E-state index >= 15 is 0 Å². The van der Waals surface area contributed by atoms with Crippen LogP contribution in [0.5, 0.6) is 0 Å². The zero-order valence-electron chi connectivity index (χ0n) is 12.4. The monoisotopic (exact) mass is 286 g/mol. The van der Waals surface area contributed by atoms with Crippen LogP contribution in [0, 0.1) is 0 Å². The number of rotatable bonds is 4. The molecule has 1 atom stereocenters. The number of amides is 1. The van der Waals surface area contributed by atoms with Gasteiger partial charge in [0.15, 0.2) is 5.96 Å². The van der Waals surface area contributed by atoms with Gasteiger partial charge in [0.1, 0.15) is 0 Å². The van der Waals surface area contributed by atoms with Crippen molar-refractivity contribution in [3.05, 3.63) is 0 Å². The molecule has 1 rings (SSSR count). The van der Waals surface area contributed by atoms with Gasteiger partial charge in [0.25, 0.3) is 0 Å². The van der Waals surface area contributed by atoms with Crippen LogP contribution in [0.25, 0.3) is 0 Å². The smallest absolute Gasteiger partial charge is 0.239 e. The molecule has 0 aromatic carbocycles. The van der Waals surface area contributed by atoms with Gasteiger partial charge >= 0.3 is 0 Å². The Balaban J connectivity index is 2.23. The number of carbonyl (C=O) groups excluding carboxylic acids is 1. The van der Waals surface area contributed by atoms with Crippen molar-refractivity contribution in [1.29, 1.82) is 0 Å². The first-order valence-electron chi connectivity index (χ1n) is 6.78. The molecule has 0 aromatic rings. The second kappa shape index (κ2) is 7.62. The molecule has 1 heterocycles. The third-order valence-corrected chi connectivity index (χ3v) is 4.07. The average molecular weight is 286 g/mol. The number of guanidine groups is 1. The minimum Gasteiger partial charge on any atom is -0.355 e. The van der Waals surface area contributed by atoms with E-state index in [9.17, 15) is 4.79 Å². The summed E-state index contributed by atoms with van der Waals surface area (Å²) in [7, 11) is 1.72. The van der Waals surface area contributed by atoms with Crippen LogP contribution in [-0.2, 0) is 4.79 Å². The molecule has 0 aliphatic carbocycles. The van der Waals surface area contributed by atoms with E-state index in [0.29, 0.717) is 11.2 Å². The van der Waals surface area contributed by atoms with Gasteiger partial charge in [0.2, 0.25) is 5.91 Å². The lowest BCUT2D eigenvalue weighted by Crippen LogP contribution is -2.48. The van der Waals surface area contributed by atoms with Crippen LogP contribution in [0.2, 0.25) is 0 Å². The topological polar surface area (TPSA) is 65.5 Å². The van der Waals surface area contributed by atoms with Crippen molar-refractivity contribution in [3.8, 4) is 0 Å². The number of carbonyl (C=O) groups is 1. The normalized spacial score (nSPS) is 20.2. The Morgan fingerprint density at radius 3 is 2.63 bits per heavy atom. The van der Waals surface area contributed by atoms with Crippen LogP contribution in [0.1, 0.15) is 33.6 Å². The molecule has 1 fully saturated rings. The van der Waals surface area contributed by atoms with Crippen LogP contribution in [-0.4, -0.2) is 48.5 Å². The van der Waals surface area contributed by atoms with Gasteiger partial charge in [0.05, 0.1) is 6.54 Å². The summed E-state index contributed by atoms with van der Waals surface area (Å²) in [6.07, 6.45) is 2.57. The highest BCUT2D eigenvalue weighted by atomic mass is 32.2. The van der Waals surface area contributed by atoms with E-state index in [0.717, 1.165) is 6.54 Å². The van der Waals surface area contributed by atoms with E-state index in [1.165, 1.54) is 18.6 Å². The lowest BCUT2D eigenvalue weighted by molar-refractivity contribution is -0.121. The minimum absolute atomic E-state index is 0.0225. The third kappa shape index (κ3) is 7.30. The molecule has 110 valence electrons. The highest BCUT2D eigenvalue weighted by molar-refractivity contribution is 8.00. The minimum atomic E-state index is -0.198. The van der Waals surface area contributed by atoms with Crippen molar-refractivity contribution in [2.75, 3.05) is 25.9 Å². The summed E-state index contributed by atoms with van der Waals surface area (Å²) in [5.41, 5.74) is -0.198. The average Bonchev–Trinajstić information content (AvgIpc) is 2.80. The molecule has 0 bridgehead atoms. The van der Waals surface area contributed by atoms with E-state index in [4.69, 9.17) is 0 Å². The van der Waals surface area contributed by atoms with Crippen LogP contribution in [0.3, 0.4) is 0 Å². The van der Waals surface area contributed by atoms with Gasteiger partial charge in [-0.1, -0.05) is 0 Å². The second-order valence-electron chi connectivity index (χ2n) is 5.74. The summed E-state index contributed by atoms with van der Waals surface area (Å²) in [6, 6.07) is 0. The first kappa shape index (κ1) is 16.1. The number of hydrogen-bond donors (Lipinski definition) is 3. The highest BCUT2D eigenvalue weighted by Gasteiger charge is 2.16. The molecule has 0 spiro atoms. The van der Waals surface area contributed by atoms with Gasteiger partial charge < -0.3 is 16.0 Å². The number of nitrogens with zero attached hydrogens (tertiary/aromatic N) is 1. The van der Waals surface area contributed by atoms with Gasteiger partial charge in [-0.3, -0.25) is 9.79 Å². The molecular weight excluding hydrogens is 260 g/mol. The zero-order valence-corrected chi connectivity index (χ0v) is 13.2. The fourth-order valence-corrected chi connectivity index (χ4v) is 3.06. The molecule has 1 saturated heterocycles. The van der Waals surface area contributed by atoms with Gasteiger partial charge in [-0.05, 0) is 39.4 Å². The van der Waals surface area contributed by atoms with Crippen molar-refractivity contribution < 1.29 is 4.79 Å². The van der Waals surface area contributed by atoms with E-state index in [2.05, 4.69) is 20.9 Å². The number of thioether (sulfide) groups is 1. The Bertz CT molecular complexity index is 319. The standard InChI is InChI=1S/C13H26N4OS/c1-13(2,3)17-11(18)9-16-12(14-4)15-8-10-6-5-7-19-10/h10H,5-9H2,1-4H3,(H,17,18)(H2,14,15,16). The molecule has 0 radical (unpaired) electrons. The number of hydrogen-bond acceptors (Lipinski definition) is 3. The van der Waals surface area contributed by atoms with Gasteiger partial charge in [0, 0.05) is 24.4 Å². The summed E-state index contributed by atoms with van der Waals surface area (Å²) in [6.45, 7) is 7.06. The van der Waals surface area contributed by atoms with Crippen LogP contribution in [0.15, 0.2) is 4.99 Å². The van der Waals surface area contributed by atoms with E-state index in [1.54, 1.807) is 7.05 Å². The molecular formula is C13H26N4OS. The fourth-order valence-electron chi connectivity index (χ4n) is 1.86. The Morgan fingerprint density at radius 2 is 2.11 bits per heavy atom. The second-order valence-corrected chi connectivity index (χ2v) is 7.15. The van der Waals surface area contributed by atoms with Crippen molar-refractivity contribution in [2.24, 2.45) is 4.99 Å². The number of aliphatic imine (C=N–C) groups is 1. The first-order valence-corrected chi connectivity index (χ1v) is 7.83. The summed E-state index contributed by atoms with van der Waals surface area (Å²) >= 11 is 2.00. The summed E-state index contributed by atoms with van der Waals surface area (Å²) < 4.78 is 0. The molecule has 6 heteroatoms. The Labute approximate surface area is 120 Å². The molecule has 0 aromatic heterocycles. The van der Waals surface area contributed by atoms with Gasteiger partial charge in [-0.25, -0.2) is 0 Å². The largest absolute Gasteiger partial charge is 0.355 e. The molecule has 1 aliphatic rings. The van der Waals surface area contributed by atoms with E-state index < -0.39 is 0 Å². The highest BCUT2D eigenvalue weighted by Crippen LogP contribution is 2.25. The molecule has 0 saturated carbocycles. The molecule has 1 aliphatic heterocycles. The lowest BCUT2D eigenvalue weighted by Gasteiger charge is -2.21. The Kier molecular flexibility index (Phi) is 6.48. The fraction of sp³-hybridized carbons (Fsp3) is 0.846. The van der Waals surface area contributed by atoms with E-state index in [-0.39, 0.29) is 18.0 Å². The van der Waals surface area contributed by atoms with Crippen LogP contribution >= 0.6 is 11.8 Å². The predicted octanol–water partition coefficient (Wildman–Crippen LogP) is 0.962. The Morgan fingerprint density at radius 1 is 1.37 bits per heavy atom. The van der Waals surface area contributed by atoms with Crippen molar-refractivity contribution in [3.63, 3.8) is 0 Å². The van der Waals surface area contributed by atoms with E-state index in [1.807, 2.05) is 32.5 Å². The molecule has 1 amide bonds. The SMILES string of the molecule is CN=C(NCC(=O)NC(C)(C)C)NCC1CCCS1. The summed E-state index contributed by atoms with van der Waals surface area (Å²) in [5, 5.41) is 9.88.